The van der Waals surface area contributed by atoms with E-state index in [1.807, 2.05) is 31.2 Å². The van der Waals surface area contributed by atoms with Gasteiger partial charge in [0.25, 0.3) is 0 Å². The highest BCUT2D eigenvalue weighted by Crippen LogP contribution is 2.21. The Hall–Kier alpha value is -2.56. The molecule has 0 radical (unpaired) electrons. The largest absolute Gasteiger partial charge is 0.467 e. The van der Waals surface area contributed by atoms with Crippen molar-refractivity contribution < 1.29 is 14.0 Å². The number of amides is 2. The molecule has 5 nitrogen and oxygen atoms in total. The van der Waals surface area contributed by atoms with Crippen LogP contribution in [0, 0.1) is 0 Å². The molecule has 1 N–H and O–H groups in total. The molecular weight excluding hydrogens is 292 g/mol. The zero-order valence-electron chi connectivity index (χ0n) is 13.5. The van der Waals surface area contributed by atoms with Crippen molar-refractivity contribution in [1.29, 1.82) is 0 Å². The number of aryl methyl sites for hydroxylation is 1. The summed E-state index contributed by atoms with van der Waals surface area (Å²) in [4.78, 5) is 25.6. The van der Waals surface area contributed by atoms with Gasteiger partial charge in [0.05, 0.1) is 12.8 Å². The van der Waals surface area contributed by atoms with Gasteiger partial charge < -0.3 is 14.6 Å². The first-order valence-corrected chi connectivity index (χ1v) is 7.77. The summed E-state index contributed by atoms with van der Waals surface area (Å²) in [6.07, 6.45) is 2.66. The Morgan fingerprint density at radius 2 is 1.96 bits per heavy atom. The molecule has 0 aliphatic carbocycles. The third kappa shape index (κ3) is 4.71. The second-order valence-electron chi connectivity index (χ2n) is 5.26. The Labute approximate surface area is 136 Å². The lowest BCUT2D eigenvalue weighted by Gasteiger charge is -2.23. The number of hydrogen-bond acceptors (Lipinski definition) is 3. The van der Waals surface area contributed by atoms with E-state index in [1.54, 1.807) is 23.3 Å². The van der Waals surface area contributed by atoms with Crippen molar-refractivity contribution in [2.75, 3.05) is 11.4 Å². The van der Waals surface area contributed by atoms with E-state index in [0.717, 1.165) is 17.7 Å². The maximum absolute atomic E-state index is 12.0. The highest BCUT2D eigenvalue weighted by atomic mass is 16.3. The predicted octanol–water partition coefficient (Wildman–Crippen LogP) is 2.90. The van der Waals surface area contributed by atoms with Crippen LogP contribution in [-0.4, -0.2) is 18.4 Å². The molecule has 2 aromatic rings. The number of rotatable bonds is 7. The molecule has 0 bridgehead atoms. The summed E-state index contributed by atoms with van der Waals surface area (Å²) in [5.74, 6) is 0.532. The molecule has 23 heavy (non-hydrogen) atoms. The lowest BCUT2D eigenvalue weighted by Crippen LogP contribution is -2.34. The number of carbonyl (C=O) groups is 2. The SMILES string of the molecule is CCc1ccccc1N(CCC(=O)NCc1ccco1)C(C)=O. The van der Waals surface area contributed by atoms with Gasteiger partial charge >= 0.3 is 0 Å². The lowest BCUT2D eigenvalue weighted by atomic mass is 10.1. The summed E-state index contributed by atoms with van der Waals surface area (Å²) in [5, 5.41) is 2.79. The number of hydrogen-bond donors (Lipinski definition) is 1. The second kappa shape index (κ2) is 8.17. The summed E-state index contributed by atoms with van der Waals surface area (Å²) in [5.41, 5.74) is 1.97. The van der Waals surface area contributed by atoms with Crippen molar-refractivity contribution >= 4 is 17.5 Å². The lowest BCUT2D eigenvalue weighted by molar-refractivity contribution is -0.121. The Kier molecular flexibility index (Phi) is 5.97. The fourth-order valence-corrected chi connectivity index (χ4v) is 2.42. The highest BCUT2D eigenvalue weighted by Gasteiger charge is 2.15. The van der Waals surface area contributed by atoms with E-state index in [2.05, 4.69) is 5.32 Å². The number of nitrogens with zero attached hydrogens (tertiary/aromatic N) is 1. The van der Waals surface area contributed by atoms with Crippen LogP contribution in [0.25, 0.3) is 0 Å². The monoisotopic (exact) mass is 314 g/mol. The molecule has 0 fully saturated rings. The smallest absolute Gasteiger partial charge is 0.223 e. The molecule has 5 heteroatoms. The van der Waals surface area contributed by atoms with Crippen molar-refractivity contribution in [3.63, 3.8) is 0 Å². The summed E-state index contributed by atoms with van der Waals surface area (Å²) in [7, 11) is 0. The van der Waals surface area contributed by atoms with E-state index in [4.69, 9.17) is 4.42 Å². The summed E-state index contributed by atoms with van der Waals surface area (Å²) in [6.45, 7) is 4.29. The first-order chi connectivity index (χ1) is 11.1. The third-order valence-electron chi connectivity index (χ3n) is 3.65. The van der Waals surface area contributed by atoms with Crippen LogP contribution < -0.4 is 10.2 Å². The third-order valence-corrected chi connectivity index (χ3v) is 3.65. The second-order valence-corrected chi connectivity index (χ2v) is 5.26. The minimum absolute atomic E-state index is 0.0651. The van der Waals surface area contributed by atoms with Gasteiger partial charge in [0.2, 0.25) is 11.8 Å². The first kappa shape index (κ1) is 16.8. The van der Waals surface area contributed by atoms with E-state index in [9.17, 15) is 9.59 Å². The van der Waals surface area contributed by atoms with Crippen LogP contribution in [0.2, 0.25) is 0 Å². The average Bonchev–Trinajstić information content (AvgIpc) is 3.06. The molecule has 0 aliphatic heterocycles. The van der Waals surface area contributed by atoms with Crippen molar-refractivity contribution in [3.8, 4) is 0 Å². The van der Waals surface area contributed by atoms with Crippen LogP contribution in [0.5, 0.6) is 0 Å². The van der Waals surface area contributed by atoms with Gasteiger partial charge in [-0.05, 0) is 30.2 Å². The van der Waals surface area contributed by atoms with Gasteiger partial charge in [0, 0.05) is 25.6 Å². The van der Waals surface area contributed by atoms with E-state index in [0.29, 0.717) is 18.8 Å². The van der Waals surface area contributed by atoms with E-state index in [1.165, 1.54) is 6.92 Å². The molecule has 122 valence electrons. The number of benzene rings is 1. The number of furan rings is 1. The Morgan fingerprint density at radius 1 is 1.17 bits per heavy atom. The maximum Gasteiger partial charge on any atom is 0.223 e. The zero-order chi connectivity index (χ0) is 16.7. The highest BCUT2D eigenvalue weighted by molar-refractivity contribution is 5.93. The van der Waals surface area contributed by atoms with Crippen molar-refractivity contribution in [1.82, 2.24) is 5.32 Å². The molecule has 1 heterocycles. The van der Waals surface area contributed by atoms with Crippen LogP contribution in [0.4, 0.5) is 5.69 Å². The molecule has 1 aromatic carbocycles. The molecular formula is C18H22N2O3. The molecule has 0 saturated carbocycles. The van der Waals surface area contributed by atoms with Gasteiger partial charge in [-0.15, -0.1) is 0 Å². The number of nitrogens with one attached hydrogen (secondary N) is 1. The van der Waals surface area contributed by atoms with Crippen LogP contribution in [0.3, 0.4) is 0 Å². The molecule has 0 saturated heterocycles. The van der Waals surface area contributed by atoms with Gasteiger partial charge in [-0.1, -0.05) is 25.1 Å². The Balaban J connectivity index is 1.94. The van der Waals surface area contributed by atoms with Crippen molar-refractivity contribution in [2.45, 2.75) is 33.2 Å². The number of para-hydroxylation sites is 1. The van der Waals surface area contributed by atoms with Gasteiger partial charge in [0.15, 0.2) is 0 Å². The molecule has 0 atom stereocenters. The molecule has 2 rings (SSSR count). The minimum atomic E-state index is -0.110. The van der Waals surface area contributed by atoms with Crippen molar-refractivity contribution in [3.05, 3.63) is 54.0 Å². The normalized spacial score (nSPS) is 10.3. The summed E-state index contributed by atoms with van der Waals surface area (Å²) in [6, 6.07) is 11.4. The molecule has 0 unspecified atom stereocenters. The Bertz CT molecular complexity index is 650. The van der Waals surface area contributed by atoms with Crippen LogP contribution in [0.1, 0.15) is 31.6 Å². The summed E-state index contributed by atoms with van der Waals surface area (Å²) < 4.78 is 5.17. The standard InChI is InChI=1S/C18H22N2O3/c1-3-15-7-4-5-9-17(15)20(14(2)21)11-10-18(22)19-13-16-8-6-12-23-16/h4-9,12H,3,10-11,13H2,1-2H3,(H,19,22). The molecule has 2 amide bonds. The topological polar surface area (TPSA) is 62.6 Å². The fourth-order valence-electron chi connectivity index (χ4n) is 2.42. The predicted molar refractivity (Wildman–Crippen MR) is 89.0 cm³/mol. The van der Waals surface area contributed by atoms with Crippen LogP contribution in [0.15, 0.2) is 47.1 Å². The van der Waals surface area contributed by atoms with Crippen LogP contribution in [-0.2, 0) is 22.6 Å². The van der Waals surface area contributed by atoms with Crippen LogP contribution >= 0.6 is 0 Å². The van der Waals surface area contributed by atoms with Gasteiger partial charge in [-0.25, -0.2) is 0 Å². The summed E-state index contributed by atoms with van der Waals surface area (Å²) >= 11 is 0. The number of carbonyl (C=O) groups excluding carboxylic acids is 2. The minimum Gasteiger partial charge on any atom is -0.467 e. The quantitative estimate of drug-likeness (QED) is 0.854. The average molecular weight is 314 g/mol. The van der Waals surface area contributed by atoms with E-state index < -0.39 is 0 Å². The van der Waals surface area contributed by atoms with Crippen molar-refractivity contribution in [2.24, 2.45) is 0 Å². The van der Waals surface area contributed by atoms with Gasteiger partial charge in [-0.2, -0.15) is 0 Å². The molecule has 1 aromatic heterocycles. The maximum atomic E-state index is 12.0. The number of anilines is 1. The van der Waals surface area contributed by atoms with Gasteiger partial charge in [0.1, 0.15) is 5.76 Å². The molecule has 0 aliphatic rings. The first-order valence-electron chi connectivity index (χ1n) is 7.77. The Morgan fingerprint density at radius 3 is 2.61 bits per heavy atom. The molecule has 0 spiro atoms. The zero-order valence-corrected chi connectivity index (χ0v) is 13.5. The van der Waals surface area contributed by atoms with E-state index >= 15 is 0 Å². The van der Waals surface area contributed by atoms with Gasteiger partial charge in [-0.3, -0.25) is 9.59 Å². The fraction of sp³-hybridized carbons (Fsp3) is 0.333. The van der Waals surface area contributed by atoms with E-state index in [-0.39, 0.29) is 18.2 Å².